The van der Waals surface area contributed by atoms with Gasteiger partial charge in [-0.3, -0.25) is 19.3 Å². The van der Waals surface area contributed by atoms with Crippen LogP contribution < -0.4 is 0 Å². The highest BCUT2D eigenvalue weighted by molar-refractivity contribution is 6.30. The number of alkyl halides is 1. The molecule has 11 heteroatoms. The normalized spacial score (nSPS) is 20.7. The van der Waals surface area contributed by atoms with Crippen molar-refractivity contribution in [3.8, 4) is 0 Å². The van der Waals surface area contributed by atoms with Crippen molar-refractivity contribution in [1.29, 1.82) is 0 Å². The van der Waals surface area contributed by atoms with Gasteiger partial charge >= 0.3 is 5.97 Å². The Morgan fingerprint density at radius 2 is 1.57 bits per heavy atom. The molecule has 1 saturated heterocycles. The molecule has 1 amide bonds. The minimum Gasteiger partial charge on any atom is -0.481 e. The van der Waals surface area contributed by atoms with Crippen LogP contribution in [0, 0.1) is 5.82 Å². The first-order valence-corrected chi connectivity index (χ1v) is 13.2. The number of aliphatic hydroxyl groups is 1. The van der Waals surface area contributed by atoms with Crippen LogP contribution >= 0.6 is 23.2 Å². The largest absolute Gasteiger partial charge is 0.481 e. The Hall–Kier alpha value is -3.37. The number of amides is 1. The van der Waals surface area contributed by atoms with E-state index in [2.05, 4.69) is 0 Å². The molecule has 0 aromatic heterocycles. The first kappa shape index (κ1) is 28.2. The minimum atomic E-state index is -2.51. The molecule has 5 rings (SSSR count). The molecule has 2 aliphatic heterocycles. The Morgan fingerprint density at radius 1 is 1.00 bits per heavy atom. The van der Waals surface area contributed by atoms with E-state index in [0.717, 1.165) is 17.0 Å². The molecule has 2 N–H and O–H groups in total. The van der Waals surface area contributed by atoms with Gasteiger partial charge in [-0.1, -0.05) is 47.5 Å². The molecule has 2 aliphatic rings. The van der Waals surface area contributed by atoms with Crippen molar-refractivity contribution in [3.63, 3.8) is 0 Å². The van der Waals surface area contributed by atoms with Gasteiger partial charge < -0.3 is 14.9 Å². The van der Waals surface area contributed by atoms with Crippen LogP contribution in [0.1, 0.15) is 62.7 Å². The highest BCUT2D eigenvalue weighted by atomic mass is 35.5. The summed E-state index contributed by atoms with van der Waals surface area (Å²) in [6.07, 6.45) is -1.11. The molecule has 2 atom stereocenters. The number of benzene rings is 3. The van der Waals surface area contributed by atoms with E-state index in [1.165, 1.54) is 48.5 Å². The Balaban J connectivity index is 1.72. The van der Waals surface area contributed by atoms with E-state index in [1.807, 2.05) is 0 Å². The lowest BCUT2D eigenvalue weighted by atomic mass is 9.85. The maximum atomic E-state index is 16.0. The Kier molecular flexibility index (Phi) is 7.43. The van der Waals surface area contributed by atoms with Gasteiger partial charge in [-0.05, 0) is 42.0 Å². The second-order valence-electron chi connectivity index (χ2n) is 9.81. The Morgan fingerprint density at radius 3 is 2.15 bits per heavy atom. The number of ether oxygens (including phenoxy) is 1. The van der Waals surface area contributed by atoms with Crippen LogP contribution in [-0.4, -0.2) is 51.7 Å². The number of carboxylic acid groups (broad SMARTS) is 1. The smallest absolute Gasteiger partial charge is 0.305 e. The van der Waals surface area contributed by atoms with E-state index >= 15 is 8.78 Å². The first-order chi connectivity index (χ1) is 19.0. The van der Waals surface area contributed by atoms with Crippen LogP contribution in [0.5, 0.6) is 0 Å². The molecule has 1 unspecified atom stereocenters. The van der Waals surface area contributed by atoms with Crippen molar-refractivity contribution < 1.29 is 38.1 Å². The third-order valence-corrected chi connectivity index (χ3v) is 7.88. The van der Waals surface area contributed by atoms with E-state index in [9.17, 15) is 24.6 Å². The summed E-state index contributed by atoms with van der Waals surface area (Å²) in [6.45, 7) is 0.0211. The average Bonchev–Trinajstić information content (AvgIpc) is 3.15. The number of aliphatic carboxylic acids is 1. The molecule has 7 nitrogen and oxygen atoms in total. The van der Waals surface area contributed by atoms with E-state index < -0.39 is 52.9 Å². The second-order valence-corrected chi connectivity index (χ2v) is 10.7. The van der Waals surface area contributed by atoms with Gasteiger partial charge in [-0.25, -0.2) is 8.78 Å². The van der Waals surface area contributed by atoms with Crippen molar-refractivity contribution >= 4 is 40.9 Å². The summed E-state index contributed by atoms with van der Waals surface area (Å²) in [4.78, 5) is 40.0. The Bertz CT molecular complexity index is 1490. The predicted molar refractivity (Wildman–Crippen MR) is 142 cm³/mol. The molecule has 0 saturated carbocycles. The molecular weight excluding hydrogens is 567 g/mol. The lowest BCUT2D eigenvalue weighted by molar-refractivity contribution is -0.140. The van der Waals surface area contributed by atoms with E-state index in [0.29, 0.717) is 15.6 Å². The molecule has 0 aliphatic carbocycles. The summed E-state index contributed by atoms with van der Waals surface area (Å²) in [5.41, 5.74) is -5.73. The second kappa shape index (κ2) is 10.6. The van der Waals surface area contributed by atoms with Crippen molar-refractivity contribution in [2.24, 2.45) is 0 Å². The highest BCUT2D eigenvalue weighted by Crippen LogP contribution is 2.49. The van der Waals surface area contributed by atoms with Gasteiger partial charge in [0.05, 0.1) is 36.8 Å². The summed E-state index contributed by atoms with van der Waals surface area (Å²) < 4.78 is 36.6. The molecule has 208 valence electrons. The minimum absolute atomic E-state index is 0.0106. The molecule has 1 fully saturated rings. The predicted octanol–water partition coefficient (Wildman–Crippen LogP) is 5.70. The molecule has 0 radical (unpaired) electrons. The van der Waals surface area contributed by atoms with Crippen molar-refractivity contribution in [2.45, 2.75) is 36.7 Å². The van der Waals surface area contributed by atoms with Gasteiger partial charge in [0.15, 0.2) is 17.2 Å². The number of carbonyl (C=O) groups excluding carboxylic acids is 2. The zero-order valence-electron chi connectivity index (χ0n) is 20.9. The average molecular weight is 590 g/mol. The van der Waals surface area contributed by atoms with Gasteiger partial charge in [-0.2, -0.15) is 0 Å². The fourth-order valence-corrected chi connectivity index (χ4v) is 5.63. The quantitative estimate of drug-likeness (QED) is 0.343. The highest BCUT2D eigenvalue weighted by Gasteiger charge is 2.55. The standard InChI is InChI=1S/C29H23Cl2F2NO6/c30-19-5-1-16(2-6-19)23(15-24(35)36)34-27(38)21-13-17(26(37)28(33)9-11-40-12-10-28)14-22(32)25(21)29(34,39)18-3-7-20(31)8-4-18/h1-8,13-14,23,39H,9-12,15H2,(H,35,36)/t23-,29?/m0/s1. The van der Waals surface area contributed by atoms with Crippen LogP contribution in [0.25, 0.3) is 0 Å². The number of carboxylic acids is 1. The number of hydrogen-bond acceptors (Lipinski definition) is 5. The summed E-state index contributed by atoms with van der Waals surface area (Å²) in [7, 11) is 0. The van der Waals surface area contributed by atoms with Crippen LogP contribution in [0.2, 0.25) is 10.0 Å². The number of hydrogen-bond donors (Lipinski definition) is 2. The maximum absolute atomic E-state index is 16.0. The zero-order valence-corrected chi connectivity index (χ0v) is 22.4. The number of ketones is 1. The van der Waals surface area contributed by atoms with Gasteiger partial charge in [0.2, 0.25) is 0 Å². The molecule has 3 aromatic rings. The fraction of sp³-hybridized carbons (Fsp3) is 0.276. The lowest BCUT2D eigenvalue weighted by Gasteiger charge is -2.40. The van der Waals surface area contributed by atoms with Gasteiger partial charge in [-0.15, -0.1) is 0 Å². The van der Waals surface area contributed by atoms with E-state index in [4.69, 9.17) is 27.9 Å². The number of carbonyl (C=O) groups is 3. The number of rotatable bonds is 7. The van der Waals surface area contributed by atoms with Gasteiger partial charge in [0.1, 0.15) is 5.82 Å². The number of Topliss-reactive ketones (excluding diaryl/α,β-unsaturated/α-hetero) is 1. The summed E-state index contributed by atoms with van der Waals surface area (Å²) in [5, 5.41) is 22.7. The fourth-order valence-electron chi connectivity index (χ4n) is 5.38. The van der Waals surface area contributed by atoms with Crippen LogP contribution in [0.3, 0.4) is 0 Å². The number of nitrogens with zero attached hydrogens (tertiary/aromatic N) is 1. The third-order valence-electron chi connectivity index (χ3n) is 7.37. The molecule has 0 spiro atoms. The van der Waals surface area contributed by atoms with Crippen LogP contribution in [0.4, 0.5) is 8.78 Å². The number of halogens is 4. The SMILES string of the molecule is O=C(O)C[C@@H](c1ccc(Cl)cc1)N1C(=O)c2cc(C(=O)C3(F)CCOCC3)cc(F)c2C1(O)c1ccc(Cl)cc1. The molecule has 0 bridgehead atoms. The van der Waals surface area contributed by atoms with E-state index in [-0.39, 0.29) is 42.7 Å². The third kappa shape index (κ3) is 4.77. The van der Waals surface area contributed by atoms with Gasteiger partial charge in [0.25, 0.3) is 5.91 Å². The molecular formula is C29H23Cl2F2NO6. The topological polar surface area (TPSA) is 104 Å². The lowest BCUT2D eigenvalue weighted by Crippen LogP contribution is -2.47. The summed E-state index contributed by atoms with van der Waals surface area (Å²) in [5.74, 6) is -4.37. The first-order valence-electron chi connectivity index (χ1n) is 12.4. The zero-order chi connectivity index (χ0) is 28.8. The van der Waals surface area contributed by atoms with Crippen LogP contribution in [-0.2, 0) is 15.3 Å². The van der Waals surface area contributed by atoms with Crippen molar-refractivity contribution in [2.75, 3.05) is 13.2 Å². The Labute approximate surface area is 237 Å². The maximum Gasteiger partial charge on any atom is 0.305 e. The van der Waals surface area contributed by atoms with Crippen molar-refractivity contribution in [3.05, 3.63) is 104 Å². The van der Waals surface area contributed by atoms with E-state index in [1.54, 1.807) is 0 Å². The molecule has 2 heterocycles. The molecule has 3 aromatic carbocycles. The van der Waals surface area contributed by atoms with Gasteiger partial charge in [0, 0.05) is 34.0 Å². The summed E-state index contributed by atoms with van der Waals surface area (Å²) in [6, 6.07) is 12.2. The van der Waals surface area contributed by atoms with Crippen molar-refractivity contribution in [1.82, 2.24) is 4.90 Å². The molecule has 40 heavy (non-hydrogen) atoms. The number of fused-ring (bicyclic) bond motifs is 1. The monoisotopic (exact) mass is 589 g/mol. The summed E-state index contributed by atoms with van der Waals surface area (Å²) >= 11 is 12.1. The van der Waals surface area contributed by atoms with Crippen LogP contribution in [0.15, 0.2) is 60.7 Å².